The average Bonchev–Trinajstić information content (AvgIpc) is 3.42. The number of rotatable bonds is 57. The fourth-order valence-electron chi connectivity index (χ4n) is 10.5. The molecule has 7 atom stereocenters. The summed E-state index contributed by atoms with van der Waals surface area (Å²) in [4.78, 5) is 13.1. The quantitative estimate of drug-likeness (QED) is 0.0261. The van der Waals surface area contributed by atoms with E-state index in [1.807, 2.05) is 6.08 Å². The lowest BCUT2D eigenvalue weighted by Crippen LogP contribution is -2.60. The van der Waals surface area contributed by atoms with Crippen LogP contribution in [-0.4, -0.2) is 87.5 Å². The van der Waals surface area contributed by atoms with Crippen LogP contribution in [0.1, 0.15) is 316 Å². The fraction of sp³-hybridized carbons (Fsp3) is 0.866. The van der Waals surface area contributed by atoms with E-state index in [0.717, 1.165) is 51.4 Å². The molecule has 0 bridgehead atoms. The van der Waals surface area contributed by atoms with Crippen LogP contribution in [0.5, 0.6) is 0 Å². The second-order valence-corrected chi connectivity index (χ2v) is 22.9. The van der Waals surface area contributed by atoms with Gasteiger partial charge in [-0.3, -0.25) is 4.79 Å². The normalized spacial score (nSPS) is 19.1. The van der Waals surface area contributed by atoms with Crippen molar-refractivity contribution in [2.24, 2.45) is 0 Å². The molecule has 1 rings (SSSR count). The van der Waals surface area contributed by atoms with Gasteiger partial charge in [-0.25, -0.2) is 0 Å². The Hall–Kier alpha value is -1.85. The van der Waals surface area contributed by atoms with Crippen molar-refractivity contribution in [2.75, 3.05) is 13.2 Å². The number of hydrogen-bond acceptors (Lipinski definition) is 8. The van der Waals surface area contributed by atoms with Crippen molar-refractivity contribution in [1.82, 2.24) is 5.32 Å². The number of aliphatic hydroxyl groups excluding tert-OH is 5. The zero-order chi connectivity index (χ0) is 55.0. The summed E-state index contributed by atoms with van der Waals surface area (Å²) in [6.45, 7) is 3.79. The smallest absolute Gasteiger partial charge is 0.220 e. The molecule has 0 aromatic rings. The fourth-order valence-corrected chi connectivity index (χ4v) is 10.5. The van der Waals surface area contributed by atoms with E-state index in [1.165, 1.54) is 244 Å². The van der Waals surface area contributed by atoms with Crippen molar-refractivity contribution in [2.45, 2.75) is 358 Å². The molecule has 1 aliphatic heterocycles. The molecule has 0 aliphatic carbocycles. The van der Waals surface area contributed by atoms with E-state index in [9.17, 15) is 30.3 Å². The molecule has 9 heteroatoms. The third-order valence-electron chi connectivity index (χ3n) is 15.6. The monoisotopic (exact) mass is 1070 g/mol. The number of hydrogen-bond donors (Lipinski definition) is 6. The highest BCUT2D eigenvalue weighted by atomic mass is 16.7. The summed E-state index contributed by atoms with van der Waals surface area (Å²) in [6, 6.07) is -0.803. The van der Waals surface area contributed by atoms with Crippen LogP contribution in [0, 0.1) is 0 Å². The van der Waals surface area contributed by atoms with Crippen molar-refractivity contribution in [3.63, 3.8) is 0 Å². The van der Waals surface area contributed by atoms with E-state index < -0.39 is 49.5 Å². The standard InChI is InChI=1S/C67H125NO8/c1-3-5-7-9-11-13-15-17-19-20-21-22-23-24-25-26-27-28-29-30-31-32-33-34-35-36-37-38-39-40-41-42-43-45-47-49-51-53-55-57-63(71)68-60(59-75-67-66(74)65(73)64(72)62(58-69)76-67)61(70)56-54-52-50-48-46-44-18-16-14-12-10-8-6-4-2/h15,17,20-21,23-24,54,56,60-62,64-67,69-70,72-74H,3-14,16,18-19,22,25-53,55,57-59H2,1-2H3,(H,68,71)/b17-15-,21-20-,24-23-,56-54+. The first-order valence-electron chi connectivity index (χ1n) is 32.9. The maximum atomic E-state index is 13.1. The van der Waals surface area contributed by atoms with E-state index in [2.05, 4.69) is 55.6 Å². The maximum absolute atomic E-state index is 13.1. The van der Waals surface area contributed by atoms with Crippen LogP contribution in [0.3, 0.4) is 0 Å². The Morgan fingerprint density at radius 2 is 0.776 bits per heavy atom. The first kappa shape index (κ1) is 72.2. The molecule has 1 aliphatic rings. The largest absolute Gasteiger partial charge is 0.394 e. The lowest BCUT2D eigenvalue weighted by molar-refractivity contribution is -0.302. The third kappa shape index (κ3) is 44.9. The van der Waals surface area contributed by atoms with Gasteiger partial charge in [-0.15, -0.1) is 0 Å². The molecule has 446 valence electrons. The van der Waals surface area contributed by atoms with Gasteiger partial charge in [0.25, 0.3) is 0 Å². The molecular weight excluding hydrogens is 947 g/mol. The van der Waals surface area contributed by atoms with Gasteiger partial charge in [-0.2, -0.15) is 0 Å². The van der Waals surface area contributed by atoms with Gasteiger partial charge in [0.1, 0.15) is 24.4 Å². The predicted molar refractivity (Wildman–Crippen MR) is 323 cm³/mol. The van der Waals surface area contributed by atoms with Crippen LogP contribution in [0.2, 0.25) is 0 Å². The number of unbranched alkanes of at least 4 members (excludes halogenated alkanes) is 41. The van der Waals surface area contributed by atoms with Crippen LogP contribution in [0.25, 0.3) is 0 Å². The summed E-state index contributed by atoms with van der Waals surface area (Å²) < 4.78 is 11.3. The molecule has 7 unspecified atom stereocenters. The molecular formula is C67H125NO8. The Morgan fingerprint density at radius 1 is 0.447 bits per heavy atom. The summed E-state index contributed by atoms with van der Waals surface area (Å²) in [6.07, 6.45) is 69.3. The van der Waals surface area contributed by atoms with Crippen LogP contribution >= 0.6 is 0 Å². The van der Waals surface area contributed by atoms with E-state index >= 15 is 0 Å². The van der Waals surface area contributed by atoms with Crippen LogP contribution in [0.4, 0.5) is 0 Å². The lowest BCUT2D eigenvalue weighted by Gasteiger charge is -2.40. The van der Waals surface area contributed by atoms with Gasteiger partial charge in [0.2, 0.25) is 5.91 Å². The Labute approximate surface area is 469 Å². The minimum absolute atomic E-state index is 0.172. The van der Waals surface area contributed by atoms with Crippen molar-refractivity contribution >= 4 is 5.91 Å². The van der Waals surface area contributed by atoms with Crippen molar-refractivity contribution in [3.05, 3.63) is 48.6 Å². The Bertz CT molecular complexity index is 1340. The topological polar surface area (TPSA) is 149 Å². The van der Waals surface area contributed by atoms with E-state index in [4.69, 9.17) is 9.47 Å². The van der Waals surface area contributed by atoms with Crippen molar-refractivity contribution in [3.8, 4) is 0 Å². The summed E-state index contributed by atoms with van der Waals surface area (Å²) in [5.74, 6) is -0.172. The number of allylic oxidation sites excluding steroid dienone is 7. The minimum atomic E-state index is -1.57. The highest BCUT2D eigenvalue weighted by Crippen LogP contribution is 2.23. The molecule has 1 amide bonds. The maximum Gasteiger partial charge on any atom is 0.220 e. The Balaban J connectivity index is 2.04. The SMILES string of the molecule is CCCCCCC/C=C\C/C=C\C/C=C\CCCCCCCCCCCCCCCCCCCCCCCCCCC(=O)NC(COC1OC(CO)C(O)C(O)C1O)C(O)/C=C/CCCCCCCCCCCCCC. The zero-order valence-electron chi connectivity index (χ0n) is 49.8. The van der Waals surface area contributed by atoms with Crippen LogP contribution in [0.15, 0.2) is 48.6 Å². The number of ether oxygens (including phenoxy) is 2. The zero-order valence-corrected chi connectivity index (χ0v) is 49.8. The molecule has 0 aromatic heterocycles. The summed E-state index contributed by atoms with van der Waals surface area (Å²) in [7, 11) is 0. The highest BCUT2D eigenvalue weighted by molar-refractivity contribution is 5.76. The predicted octanol–water partition coefficient (Wildman–Crippen LogP) is 17.2. The van der Waals surface area contributed by atoms with Crippen molar-refractivity contribution < 1.29 is 39.8 Å². The number of aliphatic hydroxyl groups is 5. The molecule has 6 N–H and O–H groups in total. The van der Waals surface area contributed by atoms with Crippen LogP contribution < -0.4 is 5.32 Å². The third-order valence-corrected chi connectivity index (χ3v) is 15.6. The van der Waals surface area contributed by atoms with Gasteiger partial charge in [0, 0.05) is 6.42 Å². The van der Waals surface area contributed by atoms with Gasteiger partial charge >= 0.3 is 0 Å². The number of amides is 1. The molecule has 0 aromatic carbocycles. The molecule has 0 saturated carbocycles. The van der Waals surface area contributed by atoms with Crippen LogP contribution in [-0.2, 0) is 14.3 Å². The molecule has 1 saturated heterocycles. The highest BCUT2D eigenvalue weighted by Gasteiger charge is 2.44. The van der Waals surface area contributed by atoms with Gasteiger partial charge in [0.05, 0.1) is 25.4 Å². The van der Waals surface area contributed by atoms with Gasteiger partial charge in [-0.1, -0.05) is 300 Å². The second-order valence-electron chi connectivity index (χ2n) is 22.9. The number of carbonyl (C=O) groups excluding carboxylic acids is 1. The molecule has 1 fully saturated rings. The first-order valence-corrected chi connectivity index (χ1v) is 32.9. The minimum Gasteiger partial charge on any atom is -0.394 e. The molecule has 76 heavy (non-hydrogen) atoms. The number of carbonyl (C=O) groups is 1. The Morgan fingerprint density at radius 3 is 1.14 bits per heavy atom. The molecule has 0 radical (unpaired) electrons. The first-order chi connectivity index (χ1) is 37.3. The summed E-state index contributed by atoms with van der Waals surface area (Å²) >= 11 is 0. The van der Waals surface area contributed by atoms with Gasteiger partial charge in [0.15, 0.2) is 6.29 Å². The van der Waals surface area contributed by atoms with E-state index in [0.29, 0.717) is 6.42 Å². The van der Waals surface area contributed by atoms with Crippen molar-refractivity contribution in [1.29, 1.82) is 0 Å². The molecule has 9 nitrogen and oxygen atoms in total. The molecule has 0 spiro atoms. The summed E-state index contributed by atoms with van der Waals surface area (Å²) in [5.41, 5.74) is 0. The Kier molecular flexibility index (Phi) is 53.6. The van der Waals surface area contributed by atoms with E-state index in [1.54, 1.807) is 6.08 Å². The van der Waals surface area contributed by atoms with Gasteiger partial charge < -0.3 is 40.3 Å². The molecule has 1 heterocycles. The van der Waals surface area contributed by atoms with Gasteiger partial charge in [-0.05, 0) is 57.8 Å². The number of nitrogens with one attached hydrogen (secondary N) is 1. The second kappa shape index (κ2) is 56.4. The van der Waals surface area contributed by atoms with E-state index in [-0.39, 0.29) is 12.5 Å². The average molecular weight is 1070 g/mol. The summed E-state index contributed by atoms with van der Waals surface area (Å²) in [5, 5.41) is 54.5. The lowest BCUT2D eigenvalue weighted by atomic mass is 9.99.